The van der Waals surface area contributed by atoms with E-state index < -0.39 is 5.91 Å². The molecule has 1 aromatic carbocycles. The van der Waals surface area contributed by atoms with Crippen molar-refractivity contribution in [3.8, 4) is 5.75 Å². The monoisotopic (exact) mass is 363 g/mol. The second-order valence-electron chi connectivity index (χ2n) is 6.41. The Balaban J connectivity index is 1.55. The van der Waals surface area contributed by atoms with E-state index >= 15 is 0 Å². The lowest BCUT2D eigenvalue weighted by Crippen LogP contribution is -2.47. The van der Waals surface area contributed by atoms with Crippen molar-refractivity contribution >= 4 is 28.4 Å². The summed E-state index contributed by atoms with van der Waals surface area (Å²) in [6, 6.07) is 13.5. The summed E-state index contributed by atoms with van der Waals surface area (Å²) in [4.78, 5) is 25.2. The number of nitrogens with zero attached hydrogens (tertiary/aromatic N) is 4. The Morgan fingerprint density at radius 3 is 2.56 bits per heavy atom. The van der Waals surface area contributed by atoms with Gasteiger partial charge < -0.3 is 20.3 Å². The number of ether oxygens (including phenoxy) is 1. The molecular formula is C20H21N5O2. The summed E-state index contributed by atoms with van der Waals surface area (Å²) in [5, 5.41) is 1.05. The summed E-state index contributed by atoms with van der Waals surface area (Å²) >= 11 is 0. The van der Waals surface area contributed by atoms with E-state index in [-0.39, 0.29) is 0 Å². The van der Waals surface area contributed by atoms with Gasteiger partial charge in [-0.05, 0) is 30.3 Å². The predicted molar refractivity (Wildman–Crippen MR) is 105 cm³/mol. The van der Waals surface area contributed by atoms with Gasteiger partial charge in [0.05, 0.1) is 12.7 Å². The van der Waals surface area contributed by atoms with E-state index in [1.165, 1.54) is 0 Å². The Labute approximate surface area is 157 Å². The minimum absolute atomic E-state index is 0.455. The number of para-hydroxylation sites is 1. The molecule has 2 N–H and O–H groups in total. The van der Waals surface area contributed by atoms with Crippen molar-refractivity contribution in [3.63, 3.8) is 0 Å². The fourth-order valence-corrected chi connectivity index (χ4v) is 3.44. The highest BCUT2D eigenvalue weighted by Gasteiger charge is 2.22. The van der Waals surface area contributed by atoms with Crippen LogP contribution in [0.3, 0.4) is 0 Å². The number of carbonyl (C=O) groups is 1. The first-order valence-corrected chi connectivity index (χ1v) is 8.86. The van der Waals surface area contributed by atoms with Gasteiger partial charge in [0.1, 0.15) is 22.9 Å². The zero-order valence-corrected chi connectivity index (χ0v) is 15.1. The highest BCUT2D eigenvalue weighted by Crippen LogP contribution is 2.27. The molecular weight excluding hydrogens is 342 g/mol. The van der Waals surface area contributed by atoms with E-state index in [4.69, 9.17) is 15.5 Å². The molecule has 2 aromatic heterocycles. The number of fused-ring (bicyclic) bond motifs is 1. The molecule has 0 spiro atoms. The summed E-state index contributed by atoms with van der Waals surface area (Å²) in [5.74, 6) is 1.89. The van der Waals surface area contributed by atoms with Crippen molar-refractivity contribution in [2.75, 3.05) is 43.1 Å². The lowest BCUT2D eigenvalue weighted by Gasteiger charge is -2.36. The molecule has 138 valence electrons. The number of pyridine rings is 2. The molecule has 4 rings (SSSR count). The van der Waals surface area contributed by atoms with Gasteiger partial charge in [0.25, 0.3) is 5.91 Å². The first-order chi connectivity index (χ1) is 13.2. The highest BCUT2D eigenvalue weighted by molar-refractivity contribution is 5.97. The van der Waals surface area contributed by atoms with Gasteiger partial charge in [-0.1, -0.05) is 12.1 Å². The van der Waals surface area contributed by atoms with Crippen LogP contribution in [0.1, 0.15) is 10.4 Å². The molecule has 0 atom stereocenters. The summed E-state index contributed by atoms with van der Waals surface area (Å²) in [5.41, 5.74) is 6.80. The number of anilines is 2. The van der Waals surface area contributed by atoms with Gasteiger partial charge in [0, 0.05) is 37.8 Å². The van der Waals surface area contributed by atoms with Gasteiger partial charge in [-0.25, -0.2) is 9.97 Å². The number of aromatic nitrogens is 2. The van der Waals surface area contributed by atoms with Crippen molar-refractivity contribution < 1.29 is 9.53 Å². The maximum absolute atomic E-state index is 11.7. The van der Waals surface area contributed by atoms with Gasteiger partial charge in [0.15, 0.2) is 0 Å². The number of piperazine rings is 1. The van der Waals surface area contributed by atoms with E-state index in [1.807, 2.05) is 24.3 Å². The highest BCUT2D eigenvalue weighted by atomic mass is 16.5. The largest absolute Gasteiger partial charge is 0.494 e. The Hall–Kier alpha value is -3.35. The normalized spacial score (nSPS) is 14.4. The number of hydrogen-bond acceptors (Lipinski definition) is 6. The molecule has 0 aliphatic carbocycles. The summed E-state index contributed by atoms with van der Waals surface area (Å²) in [6.45, 7) is 3.04. The average Bonchev–Trinajstić information content (AvgIpc) is 2.73. The van der Waals surface area contributed by atoms with Crippen LogP contribution in [0.2, 0.25) is 0 Å². The third-order valence-corrected chi connectivity index (χ3v) is 4.84. The van der Waals surface area contributed by atoms with Crippen molar-refractivity contribution in [1.29, 1.82) is 0 Å². The molecule has 1 amide bonds. The number of methoxy groups -OCH3 is 1. The van der Waals surface area contributed by atoms with Gasteiger partial charge in [-0.3, -0.25) is 4.79 Å². The molecule has 1 aliphatic heterocycles. The zero-order chi connectivity index (χ0) is 18.8. The van der Waals surface area contributed by atoms with Crippen LogP contribution in [0.4, 0.5) is 11.6 Å². The van der Waals surface area contributed by atoms with E-state index in [1.54, 1.807) is 25.4 Å². The van der Waals surface area contributed by atoms with Crippen LogP contribution >= 0.6 is 0 Å². The van der Waals surface area contributed by atoms with E-state index in [0.717, 1.165) is 48.6 Å². The van der Waals surface area contributed by atoms with Crippen LogP contribution < -0.4 is 20.3 Å². The number of rotatable bonds is 4. The van der Waals surface area contributed by atoms with E-state index in [9.17, 15) is 4.79 Å². The molecule has 27 heavy (non-hydrogen) atoms. The molecule has 7 nitrogen and oxygen atoms in total. The van der Waals surface area contributed by atoms with Crippen molar-refractivity contribution in [1.82, 2.24) is 9.97 Å². The van der Waals surface area contributed by atoms with Crippen LogP contribution in [-0.4, -0.2) is 49.2 Å². The topological polar surface area (TPSA) is 84.6 Å². The van der Waals surface area contributed by atoms with Crippen LogP contribution in [0.25, 0.3) is 10.9 Å². The Bertz CT molecular complexity index is 983. The molecule has 7 heteroatoms. The first-order valence-electron chi connectivity index (χ1n) is 8.86. The number of nitrogens with two attached hydrogens (primary N) is 1. The Kier molecular flexibility index (Phi) is 4.50. The second kappa shape index (κ2) is 7.11. The number of hydrogen-bond donors (Lipinski definition) is 1. The number of primary amides is 1. The molecule has 1 aliphatic rings. The van der Waals surface area contributed by atoms with Gasteiger partial charge in [-0.2, -0.15) is 0 Å². The average molecular weight is 363 g/mol. The standard InChI is InChI=1S/C20H21N5O2/c1-27-16-6-2-4-14-7-8-17(23-18(14)16)24-10-12-25(13-11-24)20-15(19(21)26)5-3-9-22-20/h2-9H,10-13H2,1H3,(H2,21,26). The van der Waals surface area contributed by atoms with Crippen LogP contribution in [0.15, 0.2) is 48.7 Å². The Morgan fingerprint density at radius 2 is 1.81 bits per heavy atom. The maximum atomic E-state index is 11.7. The van der Waals surface area contributed by atoms with Gasteiger partial charge >= 0.3 is 0 Å². The third kappa shape index (κ3) is 3.23. The summed E-state index contributed by atoms with van der Waals surface area (Å²) < 4.78 is 5.44. The fraction of sp³-hybridized carbons (Fsp3) is 0.250. The van der Waals surface area contributed by atoms with Crippen LogP contribution in [0, 0.1) is 0 Å². The minimum atomic E-state index is -0.455. The van der Waals surface area contributed by atoms with Crippen LogP contribution in [-0.2, 0) is 0 Å². The first kappa shape index (κ1) is 17.1. The zero-order valence-electron chi connectivity index (χ0n) is 15.1. The summed E-state index contributed by atoms with van der Waals surface area (Å²) in [6.07, 6.45) is 1.69. The van der Waals surface area contributed by atoms with Crippen LogP contribution in [0.5, 0.6) is 5.75 Å². The van der Waals surface area contributed by atoms with Crippen molar-refractivity contribution in [2.45, 2.75) is 0 Å². The number of amides is 1. The smallest absolute Gasteiger partial charge is 0.252 e. The molecule has 0 bridgehead atoms. The molecule has 3 aromatic rings. The molecule has 0 saturated carbocycles. The predicted octanol–water partition coefficient (Wildman–Crippen LogP) is 2.06. The lowest BCUT2D eigenvalue weighted by molar-refractivity contribution is 0.100. The van der Waals surface area contributed by atoms with Gasteiger partial charge in [0.2, 0.25) is 0 Å². The quantitative estimate of drug-likeness (QED) is 0.764. The number of benzene rings is 1. The number of carbonyl (C=O) groups excluding carboxylic acids is 1. The van der Waals surface area contributed by atoms with Crippen molar-refractivity contribution in [2.24, 2.45) is 5.73 Å². The summed E-state index contributed by atoms with van der Waals surface area (Å²) in [7, 11) is 1.66. The van der Waals surface area contributed by atoms with E-state index in [2.05, 4.69) is 20.9 Å². The molecule has 3 heterocycles. The SMILES string of the molecule is COc1cccc2ccc(N3CCN(c4ncccc4C(N)=O)CC3)nc12. The fourth-order valence-electron chi connectivity index (χ4n) is 3.44. The van der Waals surface area contributed by atoms with Gasteiger partial charge in [-0.15, -0.1) is 0 Å². The molecule has 0 radical (unpaired) electrons. The molecule has 1 fully saturated rings. The van der Waals surface area contributed by atoms with Crippen molar-refractivity contribution in [3.05, 3.63) is 54.2 Å². The molecule has 0 unspecified atom stereocenters. The Morgan fingerprint density at radius 1 is 1.04 bits per heavy atom. The third-order valence-electron chi connectivity index (χ3n) is 4.84. The molecule has 1 saturated heterocycles. The van der Waals surface area contributed by atoms with E-state index in [0.29, 0.717) is 11.4 Å². The lowest BCUT2D eigenvalue weighted by atomic mass is 10.2. The minimum Gasteiger partial charge on any atom is -0.494 e. The maximum Gasteiger partial charge on any atom is 0.252 e. The second-order valence-corrected chi connectivity index (χ2v) is 6.41.